The van der Waals surface area contributed by atoms with Gasteiger partial charge in [-0.1, -0.05) is 19.1 Å². The van der Waals surface area contributed by atoms with Crippen molar-refractivity contribution in [1.29, 1.82) is 0 Å². The van der Waals surface area contributed by atoms with Crippen LogP contribution in [0.25, 0.3) is 11.0 Å². The van der Waals surface area contributed by atoms with Crippen molar-refractivity contribution >= 4 is 22.8 Å². The van der Waals surface area contributed by atoms with Crippen LogP contribution >= 0.6 is 0 Å². The molecule has 154 valence electrons. The standard InChI is InChI=1S/C21H28N6O2/c1-15-11-16-3-2-4-21(16,12-15)20(28)25-18-17-13-24-27(19(17)23-14-22-18)6-5-26-7-9-29-10-8-26/h2,4,13-16H,3,5-12H2,1H3,(H,22,23,25,28). The molecule has 0 spiro atoms. The zero-order valence-electron chi connectivity index (χ0n) is 16.9. The molecule has 2 aromatic heterocycles. The monoisotopic (exact) mass is 396 g/mol. The Bertz CT molecular complexity index is 934. The van der Waals surface area contributed by atoms with E-state index in [2.05, 4.69) is 44.4 Å². The van der Waals surface area contributed by atoms with E-state index >= 15 is 0 Å². The zero-order valence-corrected chi connectivity index (χ0v) is 16.9. The van der Waals surface area contributed by atoms with Crippen LogP contribution in [0, 0.1) is 17.3 Å². The summed E-state index contributed by atoms with van der Waals surface area (Å²) in [6.45, 7) is 7.36. The van der Waals surface area contributed by atoms with Crippen LogP contribution in [-0.2, 0) is 16.1 Å². The Labute approximate surface area is 170 Å². The first-order valence-corrected chi connectivity index (χ1v) is 10.6. The van der Waals surface area contributed by atoms with Gasteiger partial charge in [0.25, 0.3) is 0 Å². The van der Waals surface area contributed by atoms with Gasteiger partial charge in [0.1, 0.15) is 12.1 Å². The molecule has 0 radical (unpaired) electrons. The molecular weight excluding hydrogens is 368 g/mol. The minimum atomic E-state index is -0.386. The van der Waals surface area contributed by atoms with Gasteiger partial charge in [0.2, 0.25) is 5.91 Å². The summed E-state index contributed by atoms with van der Waals surface area (Å²) in [5.74, 6) is 1.60. The number of nitrogens with zero attached hydrogens (tertiary/aromatic N) is 5. The topological polar surface area (TPSA) is 85.2 Å². The molecule has 2 fully saturated rings. The fraction of sp³-hybridized carbons (Fsp3) is 0.619. The number of carbonyl (C=O) groups excluding carboxylic acids is 1. The Hall–Kier alpha value is -2.32. The Morgan fingerprint density at radius 1 is 1.31 bits per heavy atom. The quantitative estimate of drug-likeness (QED) is 0.779. The molecule has 3 unspecified atom stereocenters. The summed E-state index contributed by atoms with van der Waals surface area (Å²) in [4.78, 5) is 24.4. The first-order valence-electron chi connectivity index (χ1n) is 10.6. The highest BCUT2D eigenvalue weighted by atomic mass is 16.5. The van der Waals surface area contributed by atoms with Gasteiger partial charge >= 0.3 is 0 Å². The number of morpholine rings is 1. The summed E-state index contributed by atoms with van der Waals surface area (Å²) in [7, 11) is 0. The number of anilines is 1. The van der Waals surface area contributed by atoms with Gasteiger partial charge in [-0.15, -0.1) is 0 Å². The molecule has 0 aromatic carbocycles. The number of rotatable bonds is 5. The summed E-state index contributed by atoms with van der Waals surface area (Å²) in [6.07, 6.45) is 10.6. The summed E-state index contributed by atoms with van der Waals surface area (Å²) in [5.41, 5.74) is 0.377. The van der Waals surface area contributed by atoms with E-state index in [-0.39, 0.29) is 11.3 Å². The van der Waals surface area contributed by atoms with Gasteiger partial charge in [-0.3, -0.25) is 9.69 Å². The van der Waals surface area contributed by atoms with Crippen LogP contribution in [0.15, 0.2) is 24.7 Å². The van der Waals surface area contributed by atoms with Crippen LogP contribution in [-0.4, -0.2) is 63.4 Å². The van der Waals surface area contributed by atoms with Gasteiger partial charge in [-0.2, -0.15) is 5.10 Å². The molecule has 3 atom stereocenters. The van der Waals surface area contributed by atoms with Gasteiger partial charge < -0.3 is 10.1 Å². The van der Waals surface area contributed by atoms with Crippen LogP contribution < -0.4 is 5.32 Å². The van der Waals surface area contributed by atoms with E-state index < -0.39 is 0 Å². The Morgan fingerprint density at radius 2 is 2.17 bits per heavy atom. The molecule has 8 heteroatoms. The minimum absolute atomic E-state index is 0.0571. The molecule has 1 saturated heterocycles. The second-order valence-corrected chi connectivity index (χ2v) is 8.66. The molecule has 2 aliphatic carbocycles. The average molecular weight is 396 g/mol. The maximum absolute atomic E-state index is 13.3. The van der Waals surface area contributed by atoms with Crippen molar-refractivity contribution in [1.82, 2.24) is 24.6 Å². The number of hydrogen-bond donors (Lipinski definition) is 1. The summed E-state index contributed by atoms with van der Waals surface area (Å²) in [5, 5.41) is 8.41. The van der Waals surface area contributed by atoms with E-state index in [9.17, 15) is 4.79 Å². The number of carbonyl (C=O) groups is 1. The molecule has 1 N–H and O–H groups in total. The number of amides is 1. The second-order valence-electron chi connectivity index (χ2n) is 8.66. The highest BCUT2D eigenvalue weighted by molar-refractivity contribution is 6.02. The lowest BCUT2D eigenvalue weighted by Crippen LogP contribution is -2.38. The third-order valence-electron chi connectivity index (χ3n) is 6.76. The van der Waals surface area contributed by atoms with E-state index in [1.165, 1.54) is 6.33 Å². The van der Waals surface area contributed by atoms with Gasteiger partial charge in [0, 0.05) is 19.6 Å². The van der Waals surface area contributed by atoms with Crippen LogP contribution in [0.2, 0.25) is 0 Å². The third-order valence-corrected chi connectivity index (χ3v) is 6.76. The minimum Gasteiger partial charge on any atom is -0.379 e. The predicted octanol–water partition coefficient (Wildman–Crippen LogP) is 2.09. The molecule has 29 heavy (non-hydrogen) atoms. The fourth-order valence-electron chi connectivity index (χ4n) is 5.27. The van der Waals surface area contributed by atoms with Crippen molar-refractivity contribution in [2.45, 2.75) is 32.7 Å². The highest BCUT2D eigenvalue weighted by Crippen LogP contribution is 2.53. The molecule has 1 saturated carbocycles. The van der Waals surface area contributed by atoms with Gasteiger partial charge in [0.05, 0.1) is 36.8 Å². The van der Waals surface area contributed by atoms with Crippen molar-refractivity contribution in [2.24, 2.45) is 17.3 Å². The van der Waals surface area contributed by atoms with E-state index in [0.29, 0.717) is 17.7 Å². The molecule has 5 rings (SSSR count). The van der Waals surface area contributed by atoms with Crippen molar-refractivity contribution in [3.8, 4) is 0 Å². The number of aromatic nitrogens is 4. The average Bonchev–Trinajstić information content (AvgIpc) is 3.40. The normalized spacial score (nSPS) is 29.4. The van der Waals surface area contributed by atoms with Crippen LogP contribution in [0.4, 0.5) is 5.82 Å². The number of nitrogens with one attached hydrogen (secondary N) is 1. The van der Waals surface area contributed by atoms with Crippen LogP contribution in [0.3, 0.4) is 0 Å². The molecule has 8 nitrogen and oxygen atoms in total. The first kappa shape index (κ1) is 18.7. The SMILES string of the molecule is CC1CC2CC=CC2(C(=O)Nc2ncnc3c2cnn3CCN2CCOCC2)C1. The van der Waals surface area contributed by atoms with Crippen LogP contribution in [0.1, 0.15) is 26.2 Å². The molecule has 3 aliphatic rings. The lowest BCUT2D eigenvalue weighted by molar-refractivity contribution is -0.124. The number of ether oxygens (including phenoxy) is 1. The van der Waals surface area contributed by atoms with Crippen LogP contribution in [0.5, 0.6) is 0 Å². The zero-order chi connectivity index (χ0) is 19.8. The molecule has 1 amide bonds. The van der Waals surface area contributed by atoms with Gasteiger partial charge in [0.15, 0.2) is 5.65 Å². The molecular formula is C21H28N6O2. The maximum Gasteiger partial charge on any atom is 0.235 e. The fourth-order valence-corrected chi connectivity index (χ4v) is 5.27. The Kier molecular flexibility index (Phi) is 4.83. The lowest BCUT2D eigenvalue weighted by Gasteiger charge is -2.26. The molecule has 1 aliphatic heterocycles. The summed E-state index contributed by atoms with van der Waals surface area (Å²) in [6, 6.07) is 0. The smallest absolute Gasteiger partial charge is 0.235 e. The summed E-state index contributed by atoms with van der Waals surface area (Å²) < 4.78 is 7.31. The largest absolute Gasteiger partial charge is 0.379 e. The van der Waals surface area contributed by atoms with Crippen molar-refractivity contribution in [3.05, 3.63) is 24.7 Å². The van der Waals surface area contributed by atoms with Gasteiger partial charge in [-0.05, 0) is 31.1 Å². The number of allylic oxidation sites excluding steroid dienone is 1. The van der Waals surface area contributed by atoms with Crippen molar-refractivity contribution < 1.29 is 9.53 Å². The third kappa shape index (κ3) is 3.34. The summed E-state index contributed by atoms with van der Waals surface area (Å²) >= 11 is 0. The number of fused-ring (bicyclic) bond motifs is 2. The van der Waals surface area contributed by atoms with E-state index in [1.807, 2.05) is 4.68 Å². The first-order chi connectivity index (χ1) is 14.2. The van der Waals surface area contributed by atoms with Crippen molar-refractivity contribution in [2.75, 3.05) is 38.2 Å². The van der Waals surface area contributed by atoms with E-state index in [0.717, 1.165) is 69.7 Å². The maximum atomic E-state index is 13.3. The molecule has 2 aromatic rings. The predicted molar refractivity (Wildman–Crippen MR) is 109 cm³/mol. The molecule has 3 heterocycles. The van der Waals surface area contributed by atoms with E-state index in [1.54, 1.807) is 6.20 Å². The highest BCUT2D eigenvalue weighted by Gasteiger charge is 2.51. The second kappa shape index (κ2) is 7.50. The van der Waals surface area contributed by atoms with Crippen molar-refractivity contribution in [3.63, 3.8) is 0 Å². The van der Waals surface area contributed by atoms with E-state index in [4.69, 9.17) is 4.74 Å². The van der Waals surface area contributed by atoms with Gasteiger partial charge in [-0.25, -0.2) is 14.6 Å². The Morgan fingerprint density at radius 3 is 3.03 bits per heavy atom. The Balaban J connectivity index is 1.34. The molecule has 0 bridgehead atoms. The lowest BCUT2D eigenvalue weighted by atomic mass is 9.80. The number of hydrogen-bond acceptors (Lipinski definition) is 6.